The molecule has 4 rings (SSSR count). The molecule has 2 heterocycles. The van der Waals surface area contributed by atoms with Crippen LogP contribution < -0.4 is 4.74 Å². The van der Waals surface area contributed by atoms with Crippen LogP contribution in [0.2, 0.25) is 10.0 Å². The molecule has 0 amide bonds. The van der Waals surface area contributed by atoms with Crippen molar-refractivity contribution in [2.24, 2.45) is 0 Å². The number of methoxy groups -OCH3 is 1. The quantitative estimate of drug-likeness (QED) is 0.420. The molecule has 0 radical (unpaired) electrons. The number of hydrogen-bond acceptors (Lipinski definition) is 6. The van der Waals surface area contributed by atoms with E-state index in [1.807, 2.05) is 32.0 Å². The van der Waals surface area contributed by atoms with E-state index in [0.29, 0.717) is 29.7 Å². The van der Waals surface area contributed by atoms with Crippen LogP contribution in [0, 0.1) is 13.8 Å². The van der Waals surface area contributed by atoms with Crippen LogP contribution in [0.4, 0.5) is 0 Å². The van der Waals surface area contributed by atoms with Gasteiger partial charge in [0.15, 0.2) is 0 Å². The number of ether oxygens (including phenoxy) is 2. The highest BCUT2D eigenvalue weighted by Gasteiger charge is 2.41. The van der Waals surface area contributed by atoms with Gasteiger partial charge in [-0.2, -0.15) is 4.31 Å². The Bertz CT molecular complexity index is 1380. The molecule has 0 unspecified atom stereocenters. The van der Waals surface area contributed by atoms with Crippen molar-refractivity contribution < 1.29 is 22.7 Å². The molecule has 0 bridgehead atoms. The Kier molecular flexibility index (Phi) is 7.05. The summed E-state index contributed by atoms with van der Waals surface area (Å²) in [6, 6.07) is 9.56. The predicted octanol–water partition coefficient (Wildman–Crippen LogP) is 5.06. The molecule has 0 saturated carbocycles. The fraction of sp³-hybridized carbons (Fsp3) is 0.333. The van der Waals surface area contributed by atoms with E-state index in [9.17, 15) is 13.2 Å². The van der Waals surface area contributed by atoms with Crippen molar-refractivity contribution in [3.8, 4) is 5.75 Å². The average molecular weight is 523 g/mol. The number of carbonyl (C=O) groups is 1. The predicted molar refractivity (Wildman–Crippen MR) is 131 cm³/mol. The van der Waals surface area contributed by atoms with Crippen molar-refractivity contribution in [2.75, 3.05) is 13.7 Å². The van der Waals surface area contributed by atoms with Crippen molar-refractivity contribution in [3.05, 3.63) is 63.3 Å². The molecule has 0 aliphatic carbocycles. The summed E-state index contributed by atoms with van der Waals surface area (Å²) >= 11 is 13.0. The number of sulfonamides is 1. The fourth-order valence-corrected chi connectivity index (χ4v) is 6.77. The van der Waals surface area contributed by atoms with E-state index in [4.69, 9.17) is 32.7 Å². The Balaban J connectivity index is 1.68. The lowest BCUT2D eigenvalue weighted by molar-refractivity contribution is -0.144. The lowest BCUT2D eigenvalue weighted by atomic mass is 10.1. The molecule has 1 aliphatic rings. The molecule has 1 saturated heterocycles. The second kappa shape index (κ2) is 9.70. The van der Waals surface area contributed by atoms with Crippen molar-refractivity contribution in [1.29, 1.82) is 0 Å². The summed E-state index contributed by atoms with van der Waals surface area (Å²) in [5, 5.41) is 1.19. The molecule has 1 aromatic heterocycles. The molecule has 2 aromatic carbocycles. The van der Waals surface area contributed by atoms with E-state index in [0.717, 1.165) is 20.9 Å². The Hall–Kier alpha value is -2.39. The van der Waals surface area contributed by atoms with Gasteiger partial charge >= 0.3 is 5.97 Å². The van der Waals surface area contributed by atoms with Crippen LogP contribution in [0.15, 0.2) is 41.3 Å². The summed E-state index contributed by atoms with van der Waals surface area (Å²) in [5.74, 6) is -0.0567. The molecular formula is C24H24Cl2N2O5S. The topological polar surface area (TPSA) is 85.8 Å². The molecule has 10 heteroatoms. The first-order valence-corrected chi connectivity index (χ1v) is 12.9. The van der Waals surface area contributed by atoms with E-state index < -0.39 is 22.0 Å². The third kappa shape index (κ3) is 4.47. The number of rotatable bonds is 6. The standard InChI is InChI=1S/C24H24Cl2N2O5S/c1-14-12-15(2)27-23-16(14)6-4-8-20(23)33-13-17-18(25)9-10-21(22(17)26)34(30,31)28-11-5-7-19(28)24(29)32-3/h4,6,8-10,12,19H,5,7,11,13H2,1-3H3/t19-/m0/s1. The maximum Gasteiger partial charge on any atom is 0.324 e. The highest BCUT2D eigenvalue weighted by Crippen LogP contribution is 2.36. The number of esters is 1. The third-order valence-corrected chi connectivity index (χ3v) is 8.77. The molecule has 3 aromatic rings. The Morgan fingerprint density at radius 2 is 1.97 bits per heavy atom. The maximum atomic E-state index is 13.4. The van der Waals surface area contributed by atoms with Gasteiger partial charge in [0.25, 0.3) is 0 Å². The number of para-hydroxylation sites is 1. The lowest BCUT2D eigenvalue weighted by Gasteiger charge is -2.23. The minimum atomic E-state index is -4.07. The van der Waals surface area contributed by atoms with Crippen LogP contribution in [0.3, 0.4) is 0 Å². The number of halogens is 2. The molecule has 1 atom stereocenters. The second-order valence-electron chi connectivity index (χ2n) is 8.16. The van der Waals surface area contributed by atoms with Gasteiger partial charge in [-0.15, -0.1) is 0 Å². The van der Waals surface area contributed by atoms with E-state index in [-0.39, 0.29) is 28.1 Å². The Morgan fingerprint density at radius 3 is 2.71 bits per heavy atom. The summed E-state index contributed by atoms with van der Waals surface area (Å²) in [4.78, 5) is 16.6. The van der Waals surface area contributed by atoms with Gasteiger partial charge in [-0.3, -0.25) is 4.79 Å². The Labute approximate surface area is 208 Å². The zero-order valence-corrected chi connectivity index (χ0v) is 21.3. The minimum absolute atomic E-state index is 0.0384. The molecule has 180 valence electrons. The van der Waals surface area contributed by atoms with Crippen LogP contribution in [-0.4, -0.2) is 43.4 Å². The Morgan fingerprint density at radius 1 is 1.21 bits per heavy atom. The summed E-state index contributed by atoms with van der Waals surface area (Å²) < 4.78 is 38.8. The van der Waals surface area contributed by atoms with E-state index in [1.54, 1.807) is 6.07 Å². The minimum Gasteiger partial charge on any atom is -0.487 e. The van der Waals surface area contributed by atoms with Gasteiger partial charge in [0.1, 0.15) is 28.8 Å². The molecule has 1 fully saturated rings. The largest absolute Gasteiger partial charge is 0.487 e. The van der Waals surface area contributed by atoms with Crippen LogP contribution in [-0.2, 0) is 26.2 Å². The molecule has 0 N–H and O–H groups in total. The van der Waals surface area contributed by atoms with Gasteiger partial charge in [-0.05, 0) is 56.5 Å². The number of aromatic nitrogens is 1. The lowest BCUT2D eigenvalue weighted by Crippen LogP contribution is -2.41. The average Bonchev–Trinajstić information content (AvgIpc) is 3.29. The smallest absolute Gasteiger partial charge is 0.324 e. The zero-order chi connectivity index (χ0) is 24.6. The molecule has 34 heavy (non-hydrogen) atoms. The first-order valence-electron chi connectivity index (χ1n) is 10.7. The van der Waals surface area contributed by atoms with Crippen molar-refractivity contribution in [1.82, 2.24) is 9.29 Å². The maximum absolute atomic E-state index is 13.4. The summed E-state index contributed by atoms with van der Waals surface area (Å²) in [5.41, 5.74) is 2.97. The highest BCUT2D eigenvalue weighted by molar-refractivity contribution is 7.89. The molecule has 7 nitrogen and oxygen atoms in total. The number of aryl methyl sites for hydroxylation is 2. The van der Waals surface area contributed by atoms with E-state index in [2.05, 4.69) is 4.98 Å². The van der Waals surface area contributed by atoms with Gasteiger partial charge in [-0.1, -0.05) is 35.3 Å². The third-order valence-electron chi connectivity index (χ3n) is 5.92. The van der Waals surface area contributed by atoms with Crippen molar-refractivity contribution in [2.45, 2.75) is 44.2 Å². The summed E-state index contributed by atoms with van der Waals surface area (Å²) in [7, 11) is -2.83. The van der Waals surface area contributed by atoms with Crippen molar-refractivity contribution in [3.63, 3.8) is 0 Å². The normalized spacial score (nSPS) is 16.7. The molecule has 0 spiro atoms. The SMILES string of the molecule is COC(=O)[C@@H]1CCCN1S(=O)(=O)c1ccc(Cl)c(COc2cccc3c(C)cc(C)nc23)c1Cl. The van der Waals surface area contributed by atoms with Crippen LogP contribution in [0.25, 0.3) is 10.9 Å². The second-order valence-corrected chi connectivity index (χ2v) is 10.8. The van der Waals surface area contributed by atoms with Crippen LogP contribution >= 0.6 is 23.2 Å². The van der Waals surface area contributed by atoms with Crippen molar-refractivity contribution >= 4 is 50.1 Å². The van der Waals surface area contributed by atoms with Gasteiger partial charge in [0, 0.05) is 28.2 Å². The number of hydrogen-bond donors (Lipinski definition) is 0. The summed E-state index contributed by atoms with van der Waals surface area (Å²) in [6.45, 7) is 4.05. The highest BCUT2D eigenvalue weighted by atomic mass is 35.5. The van der Waals surface area contributed by atoms with E-state index >= 15 is 0 Å². The number of fused-ring (bicyclic) bond motifs is 1. The molecule has 1 aliphatic heterocycles. The summed E-state index contributed by atoms with van der Waals surface area (Å²) in [6.07, 6.45) is 0.938. The molecular weight excluding hydrogens is 499 g/mol. The van der Waals surface area contributed by atoms with Crippen LogP contribution in [0.1, 0.15) is 29.7 Å². The zero-order valence-electron chi connectivity index (χ0n) is 19.0. The van der Waals surface area contributed by atoms with E-state index in [1.165, 1.54) is 19.2 Å². The number of nitrogens with zero attached hydrogens (tertiary/aromatic N) is 2. The first-order chi connectivity index (χ1) is 16.1. The van der Waals surface area contributed by atoms with Crippen LogP contribution in [0.5, 0.6) is 5.75 Å². The fourth-order valence-electron chi connectivity index (χ4n) is 4.26. The monoisotopic (exact) mass is 522 g/mol. The van der Waals surface area contributed by atoms with Gasteiger partial charge in [-0.25, -0.2) is 13.4 Å². The van der Waals surface area contributed by atoms with Gasteiger partial charge < -0.3 is 9.47 Å². The first kappa shape index (κ1) is 24.7. The van der Waals surface area contributed by atoms with Gasteiger partial charge in [0.05, 0.1) is 12.1 Å². The number of carbonyl (C=O) groups excluding carboxylic acids is 1. The number of pyridine rings is 1. The van der Waals surface area contributed by atoms with Gasteiger partial charge in [0.2, 0.25) is 10.0 Å². The number of benzene rings is 2.